The van der Waals surface area contributed by atoms with Crippen LogP contribution in [-0.2, 0) is 0 Å². The minimum Gasteiger partial charge on any atom is -0.396 e. The van der Waals surface area contributed by atoms with Gasteiger partial charge >= 0.3 is 0 Å². The minimum atomic E-state index is 0.0621. The molecule has 0 radical (unpaired) electrons. The third-order valence-corrected chi connectivity index (χ3v) is 2.48. The number of hydrogen-bond donors (Lipinski definition) is 3. The number of halogens is 1. The van der Waals surface area contributed by atoms with E-state index >= 15 is 0 Å². The number of aromatic amines is 1. The summed E-state index contributed by atoms with van der Waals surface area (Å²) in [7, 11) is 0. The summed E-state index contributed by atoms with van der Waals surface area (Å²) in [6, 6.07) is 3.44. The van der Waals surface area contributed by atoms with Crippen LogP contribution in [0.25, 0.3) is 0 Å². The number of nitrogens with one attached hydrogen (secondary N) is 2. The van der Waals surface area contributed by atoms with E-state index in [0.29, 0.717) is 16.7 Å². The third-order valence-electron chi connectivity index (χ3n) is 2.27. The second kappa shape index (κ2) is 4.40. The van der Waals surface area contributed by atoms with Crippen molar-refractivity contribution < 1.29 is 0 Å². The number of rotatable bonds is 3. The minimum absolute atomic E-state index is 0.0621. The van der Waals surface area contributed by atoms with Gasteiger partial charge in [0.25, 0.3) is 0 Å². The van der Waals surface area contributed by atoms with Crippen LogP contribution >= 0.6 is 11.6 Å². The van der Waals surface area contributed by atoms with Crippen molar-refractivity contribution >= 4 is 23.1 Å². The van der Waals surface area contributed by atoms with Gasteiger partial charge in [-0.2, -0.15) is 5.10 Å². The molecule has 16 heavy (non-hydrogen) atoms. The first kappa shape index (κ1) is 10.8. The van der Waals surface area contributed by atoms with Crippen LogP contribution in [0.4, 0.5) is 11.5 Å². The molecule has 0 aliphatic heterocycles. The molecule has 0 spiro atoms. The number of anilines is 2. The van der Waals surface area contributed by atoms with Crippen molar-refractivity contribution in [1.29, 1.82) is 0 Å². The summed E-state index contributed by atoms with van der Waals surface area (Å²) in [5, 5.41) is 10.2. The molecule has 84 valence electrons. The lowest BCUT2D eigenvalue weighted by molar-refractivity contribution is 0.877. The standard InChI is InChI=1S/C10H12ClN5/c1-6(7-4-13-14-5-7)15-10-8(12)2-3-9(11)16-10/h2-6H,12H2,1H3,(H,13,14)(H,15,16). The number of nitrogens with two attached hydrogens (primary N) is 1. The van der Waals surface area contributed by atoms with Gasteiger partial charge in [-0.3, -0.25) is 5.10 Å². The SMILES string of the molecule is CC(Nc1nc(Cl)ccc1N)c1cn[nH]c1. The van der Waals surface area contributed by atoms with E-state index in [1.807, 2.05) is 13.1 Å². The van der Waals surface area contributed by atoms with Gasteiger partial charge in [-0.1, -0.05) is 11.6 Å². The zero-order valence-electron chi connectivity index (χ0n) is 8.74. The van der Waals surface area contributed by atoms with Gasteiger partial charge in [0.05, 0.1) is 17.9 Å². The molecule has 1 atom stereocenters. The first-order valence-electron chi connectivity index (χ1n) is 4.84. The Hall–Kier alpha value is -1.75. The van der Waals surface area contributed by atoms with Crippen LogP contribution in [0.1, 0.15) is 18.5 Å². The Balaban J connectivity index is 2.17. The zero-order chi connectivity index (χ0) is 11.5. The summed E-state index contributed by atoms with van der Waals surface area (Å²) >= 11 is 5.80. The number of H-pyrrole nitrogens is 1. The van der Waals surface area contributed by atoms with Crippen molar-refractivity contribution in [2.45, 2.75) is 13.0 Å². The highest BCUT2D eigenvalue weighted by Crippen LogP contribution is 2.23. The van der Waals surface area contributed by atoms with Gasteiger partial charge in [-0.15, -0.1) is 0 Å². The summed E-state index contributed by atoms with van der Waals surface area (Å²) < 4.78 is 0. The highest BCUT2D eigenvalue weighted by atomic mass is 35.5. The molecule has 2 aromatic rings. The van der Waals surface area contributed by atoms with Crippen LogP contribution < -0.4 is 11.1 Å². The first-order valence-corrected chi connectivity index (χ1v) is 5.22. The molecule has 0 fully saturated rings. The molecule has 2 rings (SSSR count). The van der Waals surface area contributed by atoms with Gasteiger partial charge in [0, 0.05) is 11.8 Å². The van der Waals surface area contributed by atoms with E-state index in [1.165, 1.54) is 0 Å². The van der Waals surface area contributed by atoms with Gasteiger partial charge in [0.1, 0.15) is 5.15 Å². The maximum atomic E-state index is 5.80. The fraction of sp³-hybridized carbons (Fsp3) is 0.200. The molecule has 0 aliphatic carbocycles. The Morgan fingerprint density at radius 3 is 3.00 bits per heavy atom. The highest BCUT2D eigenvalue weighted by Gasteiger charge is 2.09. The summed E-state index contributed by atoms with van der Waals surface area (Å²) in [5.41, 5.74) is 7.38. The molecular weight excluding hydrogens is 226 g/mol. The van der Waals surface area contributed by atoms with Gasteiger partial charge in [-0.25, -0.2) is 4.98 Å². The predicted molar refractivity (Wildman–Crippen MR) is 64.3 cm³/mol. The van der Waals surface area contributed by atoms with Crippen LogP contribution in [0.3, 0.4) is 0 Å². The Morgan fingerprint density at radius 2 is 2.31 bits per heavy atom. The quantitative estimate of drug-likeness (QED) is 0.715. The molecule has 4 N–H and O–H groups in total. The normalized spacial score (nSPS) is 12.4. The number of nitrogen functional groups attached to an aromatic ring is 1. The number of hydrogen-bond acceptors (Lipinski definition) is 4. The fourth-order valence-electron chi connectivity index (χ4n) is 1.35. The van der Waals surface area contributed by atoms with E-state index < -0.39 is 0 Å². The largest absolute Gasteiger partial charge is 0.396 e. The van der Waals surface area contributed by atoms with Crippen LogP contribution in [0, 0.1) is 0 Å². The molecule has 6 heteroatoms. The molecule has 0 saturated heterocycles. The molecule has 0 aliphatic rings. The van der Waals surface area contributed by atoms with Crippen LogP contribution in [-0.4, -0.2) is 15.2 Å². The van der Waals surface area contributed by atoms with E-state index in [4.69, 9.17) is 17.3 Å². The smallest absolute Gasteiger partial charge is 0.151 e. The van der Waals surface area contributed by atoms with Gasteiger partial charge in [0.15, 0.2) is 5.82 Å². The van der Waals surface area contributed by atoms with Crippen LogP contribution in [0.15, 0.2) is 24.5 Å². The zero-order valence-corrected chi connectivity index (χ0v) is 9.49. The lowest BCUT2D eigenvalue weighted by atomic mass is 10.2. The summed E-state index contributed by atoms with van der Waals surface area (Å²) in [6.07, 6.45) is 3.57. The van der Waals surface area contributed by atoms with Crippen LogP contribution in [0.2, 0.25) is 5.15 Å². The lowest BCUT2D eigenvalue weighted by Gasteiger charge is -2.14. The molecule has 0 amide bonds. The lowest BCUT2D eigenvalue weighted by Crippen LogP contribution is -2.09. The summed E-state index contributed by atoms with van der Waals surface area (Å²) in [5.74, 6) is 0.584. The van der Waals surface area contributed by atoms with E-state index in [0.717, 1.165) is 5.56 Å². The topological polar surface area (TPSA) is 79.6 Å². The van der Waals surface area contributed by atoms with Crippen molar-refractivity contribution in [1.82, 2.24) is 15.2 Å². The molecule has 0 saturated carbocycles. The third kappa shape index (κ3) is 2.25. The van der Waals surface area contributed by atoms with Gasteiger partial charge in [0.2, 0.25) is 0 Å². The number of pyridine rings is 1. The average molecular weight is 238 g/mol. The van der Waals surface area contributed by atoms with Gasteiger partial charge < -0.3 is 11.1 Å². The Kier molecular flexibility index (Phi) is 2.96. The molecule has 2 heterocycles. The predicted octanol–water partition coefficient (Wildman–Crippen LogP) is 2.21. The maximum absolute atomic E-state index is 5.80. The second-order valence-corrected chi connectivity index (χ2v) is 3.86. The van der Waals surface area contributed by atoms with Crippen molar-refractivity contribution in [3.05, 3.63) is 35.2 Å². The van der Waals surface area contributed by atoms with Gasteiger partial charge in [-0.05, 0) is 19.1 Å². The maximum Gasteiger partial charge on any atom is 0.151 e. The summed E-state index contributed by atoms with van der Waals surface area (Å²) in [4.78, 5) is 4.12. The number of nitrogens with zero attached hydrogens (tertiary/aromatic N) is 2. The van der Waals surface area contributed by atoms with Crippen molar-refractivity contribution in [2.24, 2.45) is 0 Å². The van der Waals surface area contributed by atoms with Crippen molar-refractivity contribution in [2.75, 3.05) is 11.1 Å². The van der Waals surface area contributed by atoms with E-state index in [9.17, 15) is 0 Å². The molecule has 2 aromatic heterocycles. The van der Waals surface area contributed by atoms with E-state index in [1.54, 1.807) is 18.3 Å². The van der Waals surface area contributed by atoms with Crippen molar-refractivity contribution in [3.63, 3.8) is 0 Å². The second-order valence-electron chi connectivity index (χ2n) is 3.47. The average Bonchev–Trinajstić information content (AvgIpc) is 2.76. The fourth-order valence-corrected chi connectivity index (χ4v) is 1.50. The molecule has 5 nitrogen and oxygen atoms in total. The summed E-state index contributed by atoms with van der Waals surface area (Å²) in [6.45, 7) is 1.99. The molecule has 0 aromatic carbocycles. The molecule has 1 unspecified atom stereocenters. The number of aromatic nitrogens is 3. The first-order chi connectivity index (χ1) is 7.66. The highest BCUT2D eigenvalue weighted by molar-refractivity contribution is 6.29. The van der Waals surface area contributed by atoms with E-state index in [2.05, 4.69) is 20.5 Å². The van der Waals surface area contributed by atoms with E-state index in [-0.39, 0.29) is 6.04 Å². The Labute approximate surface area is 98.0 Å². The molecule has 0 bridgehead atoms. The molecular formula is C10H12ClN5. The Bertz CT molecular complexity index is 468. The Morgan fingerprint density at radius 1 is 1.50 bits per heavy atom. The monoisotopic (exact) mass is 237 g/mol. The van der Waals surface area contributed by atoms with Crippen molar-refractivity contribution in [3.8, 4) is 0 Å². The van der Waals surface area contributed by atoms with Crippen LogP contribution in [0.5, 0.6) is 0 Å².